The lowest BCUT2D eigenvalue weighted by Crippen LogP contribution is -2.14. The van der Waals surface area contributed by atoms with Crippen molar-refractivity contribution in [1.82, 2.24) is 4.98 Å². The van der Waals surface area contributed by atoms with Crippen molar-refractivity contribution < 1.29 is 4.79 Å². The molecule has 1 amide bonds. The van der Waals surface area contributed by atoms with Crippen LogP contribution < -0.4 is 5.32 Å². The number of aromatic nitrogens is 1. The average Bonchev–Trinajstić information content (AvgIpc) is 2.32. The predicted octanol–water partition coefficient (Wildman–Crippen LogP) is 3.75. The molecule has 1 aromatic heterocycles. The van der Waals surface area contributed by atoms with E-state index >= 15 is 0 Å². The number of benzene rings is 1. The fraction of sp³-hybridized carbons (Fsp3) is 0. The first-order valence-corrected chi connectivity index (χ1v) is 6.01. The van der Waals surface area contributed by atoms with E-state index in [1.165, 1.54) is 0 Å². The van der Waals surface area contributed by atoms with Crippen molar-refractivity contribution in [3.8, 4) is 0 Å². The van der Waals surface area contributed by atoms with Crippen molar-refractivity contribution in [1.29, 1.82) is 0 Å². The summed E-state index contributed by atoms with van der Waals surface area (Å²) in [6.45, 7) is 0. The Kier molecular flexibility index (Phi) is 3.76. The van der Waals surface area contributed by atoms with E-state index in [0.29, 0.717) is 20.9 Å². The number of hydrogen-bond donors (Lipinski definition) is 1. The van der Waals surface area contributed by atoms with E-state index in [9.17, 15) is 4.79 Å². The van der Waals surface area contributed by atoms with Crippen LogP contribution in [0.2, 0.25) is 5.02 Å². The Labute approximate surface area is 112 Å². The molecular formula is C12H8BrClN2O. The fourth-order valence-electron chi connectivity index (χ4n) is 1.28. The molecule has 1 N–H and O–H groups in total. The topological polar surface area (TPSA) is 42.0 Å². The van der Waals surface area contributed by atoms with Crippen LogP contribution in [-0.2, 0) is 0 Å². The van der Waals surface area contributed by atoms with E-state index in [1.807, 2.05) is 0 Å². The zero-order valence-electron chi connectivity index (χ0n) is 8.65. The largest absolute Gasteiger partial charge is 0.321 e. The number of halogens is 2. The van der Waals surface area contributed by atoms with E-state index in [2.05, 4.69) is 26.2 Å². The molecule has 1 aromatic carbocycles. The molecule has 86 valence electrons. The van der Waals surface area contributed by atoms with Gasteiger partial charge in [0.2, 0.25) is 0 Å². The van der Waals surface area contributed by atoms with Gasteiger partial charge in [-0.05, 0) is 52.3 Å². The SMILES string of the molecule is O=C(Nc1ccc(Cl)cc1)c1ncccc1Br. The third-order valence-electron chi connectivity index (χ3n) is 2.08. The summed E-state index contributed by atoms with van der Waals surface area (Å²) in [5.41, 5.74) is 1.03. The second-order valence-corrected chi connectivity index (χ2v) is 4.59. The highest BCUT2D eigenvalue weighted by atomic mass is 79.9. The van der Waals surface area contributed by atoms with Crippen LogP contribution in [0.4, 0.5) is 5.69 Å². The van der Waals surface area contributed by atoms with Gasteiger partial charge in [-0.25, -0.2) is 4.98 Å². The van der Waals surface area contributed by atoms with Gasteiger partial charge in [-0.3, -0.25) is 4.79 Å². The summed E-state index contributed by atoms with van der Waals surface area (Å²) in [6, 6.07) is 10.4. The van der Waals surface area contributed by atoms with Gasteiger partial charge in [0.15, 0.2) is 0 Å². The molecule has 0 atom stereocenters. The monoisotopic (exact) mass is 310 g/mol. The highest BCUT2D eigenvalue weighted by molar-refractivity contribution is 9.10. The smallest absolute Gasteiger partial charge is 0.275 e. The zero-order chi connectivity index (χ0) is 12.3. The lowest BCUT2D eigenvalue weighted by Gasteiger charge is -2.05. The predicted molar refractivity (Wildman–Crippen MR) is 71.3 cm³/mol. The lowest BCUT2D eigenvalue weighted by atomic mass is 10.3. The fourth-order valence-corrected chi connectivity index (χ4v) is 1.84. The molecule has 5 heteroatoms. The highest BCUT2D eigenvalue weighted by Gasteiger charge is 2.10. The highest BCUT2D eigenvalue weighted by Crippen LogP contribution is 2.17. The molecule has 17 heavy (non-hydrogen) atoms. The molecule has 0 spiro atoms. The zero-order valence-corrected chi connectivity index (χ0v) is 11.0. The Balaban J connectivity index is 2.17. The third kappa shape index (κ3) is 3.05. The van der Waals surface area contributed by atoms with Gasteiger partial charge in [0.1, 0.15) is 5.69 Å². The number of amides is 1. The van der Waals surface area contributed by atoms with E-state index in [-0.39, 0.29) is 5.91 Å². The van der Waals surface area contributed by atoms with Crippen LogP contribution in [-0.4, -0.2) is 10.9 Å². The molecule has 0 radical (unpaired) electrons. The van der Waals surface area contributed by atoms with Crippen molar-refractivity contribution in [3.05, 3.63) is 57.8 Å². The van der Waals surface area contributed by atoms with Gasteiger partial charge in [0.05, 0.1) is 0 Å². The minimum absolute atomic E-state index is 0.264. The molecule has 0 aliphatic carbocycles. The maximum Gasteiger partial charge on any atom is 0.275 e. The summed E-state index contributed by atoms with van der Waals surface area (Å²) in [6.07, 6.45) is 1.57. The van der Waals surface area contributed by atoms with Crippen LogP contribution in [0.1, 0.15) is 10.5 Å². The van der Waals surface area contributed by atoms with Crippen molar-refractivity contribution in [2.75, 3.05) is 5.32 Å². The molecular weight excluding hydrogens is 304 g/mol. The van der Waals surface area contributed by atoms with E-state index < -0.39 is 0 Å². The van der Waals surface area contributed by atoms with Gasteiger partial charge in [-0.1, -0.05) is 11.6 Å². The summed E-state index contributed by atoms with van der Waals surface area (Å²) in [5, 5.41) is 3.36. The maximum absolute atomic E-state index is 11.9. The number of nitrogens with one attached hydrogen (secondary N) is 1. The van der Waals surface area contributed by atoms with Crippen LogP contribution in [0.25, 0.3) is 0 Å². The number of rotatable bonds is 2. The molecule has 2 rings (SSSR count). The molecule has 0 aliphatic rings. The Morgan fingerprint density at radius 3 is 2.59 bits per heavy atom. The Bertz CT molecular complexity index is 542. The van der Waals surface area contributed by atoms with Crippen molar-refractivity contribution in [3.63, 3.8) is 0 Å². The second kappa shape index (κ2) is 5.29. The van der Waals surface area contributed by atoms with E-state index in [0.717, 1.165) is 0 Å². The molecule has 0 fully saturated rings. The second-order valence-electron chi connectivity index (χ2n) is 3.29. The molecule has 0 aliphatic heterocycles. The van der Waals surface area contributed by atoms with Gasteiger partial charge in [-0.15, -0.1) is 0 Å². The Hall–Kier alpha value is -1.39. The van der Waals surface area contributed by atoms with Crippen LogP contribution >= 0.6 is 27.5 Å². The number of pyridine rings is 1. The van der Waals surface area contributed by atoms with Crippen molar-refractivity contribution in [2.45, 2.75) is 0 Å². The van der Waals surface area contributed by atoms with Gasteiger partial charge in [-0.2, -0.15) is 0 Å². The molecule has 2 aromatic rings. The number of anilines is 1. The van der Waals surface area contributed by atoms with Crippen molar-refractivity contribution >= 4 is 39.1 Å². The van der Waals surface area contributed by atoms with E-state index in [4.69, 9.17) is 11.6 Å². The van der Waals surface area contributed by atoms with Gasteiger partial charge in [0.25, 0.3) is 5.91 Å². The molecule has 0 saturated heterocycles. The molecule has 1 heterocycles. The molecule has 0 saturated carbocycles. The van der Waals surface area contributed by atoms with Gasteiger partial charge < -0.3 is 5.32 Å². The first-order valence-electron chi connectivity index (χ1n) is 4.84. The number of carbonyl (C=O) groups excluding carboxylic acids is 1. The quantitative estimate of drug-likeness (QED) is 0.918. The Morgan fingerprint density at radius 2 is 1.94 bits per heavy atom. The molecule has 0 bridgehead atoms. The first-order chi connectivity index (χ1) is 8.16. The number of hydrogen-bond acceptors (Lipinski definition) is 2. The minimum atomic E-state index is -0.264. The summed E-state index contributed by atoms with van der Waals surface area (Å²) in [4.78, 5) is 15.9. The van der Waals surface area contributed by atoms with Gasteiger partial charge in [0, 0.05) is 21.4 Å². The van der Waals surface area contributed by atoms with Gasteiger partial charge >= 0.3 is 0 Å². The first kappa shape index (κ1) is 12.1. The lowest BCUT2D eigenvalue weighted by molar-refractivity contribution is 0.102. The summed E-state index contributed by atoms with van der Waals surface area (Å²) >= 11 is 9.04. The van der Waals surface area contributed by atoms with Crippen LogP contribution in [0.5, 0.6) is 0 Å². The van der Waals surface area contributed by atoms with Crippen molar-refractivity contribution in [2.24, 2.45) is 0 Å². The third-order valence-corrected chi connectivity index (χ3v) is 2.97. The number of nitrogens with zero attached hydrogens (tertiary/aromatic N) is 1. The standard InChI is InChI=1S/C12H8BrClN2O/c13-10-2-1-7-15-11(10)12(17)16-9-5-3-8(14)4-6-9/h1-7H,(H,16,17). The van der Waals surface area contributed by atoms with E-state index in [1.54, 1.807) is 42.6 Å². The molecule has 0 unspecified atom stereocenters. The maximum atomic E-state index is 11.9. The van der Waals surface area contributed by atoms with Crippen LogP contribution in [0.15, 0.2) is 47.1 Å². The summed E-state index contributed by atoms with van der Waals surface area (Å²) < 4.78 is 0.659. The summed E-state index contributed by atoms with van der Waals surface area (Å²) in [7, 11) is 0. The Morgan fingerprint density at radius 1 is 1.24 bits per heavy atom. The van der Waals surface area contributed by atoms with Crippen LogP contribution in [0, 0.1) is 0 Å². The number of carbonyl (C=O) groups is 1. The minimum Gasteiger partial charge on any atom is -0.321 e. The molecule has 3 nitrogen and oxygen atoms in total. The summed E-state index contributed by atoms with van der Waals surface area (Å²) in [5.74, 6) is -0.264. The van der Waals surface area contributed by atoms with Crippen LogP contribution in [0.3, 0.4) is 0 Å². The average molecular weight is 312 g/mol. The normalized spacial score (nSPS) is 10.0.